The molecule has 0 aromatic carbocycles. The molecule has 49 heavy (non-hydrogen) atoms. The number of alkyl carbamates (subject to hydrolysis) is 1. The monoisotopic (exact) mass is 690 g/mol. The standard InChI is InChI=1S/C39H66N2O8/c1-33(2,3)49-32(45)41-21-29(43)40-22-30(44)47-27-14-16-36(8)25(34(27,4)5)13-18-37(9)26(36)20-24(42)31-23(12-17-38(31,37)10)39(11)19-15-28(48-39)35(6,7)46/h23-28,31,42,46H,12-22H2,1-11H3,(H,40,43)(H,41,45)/t23-,24+,25-,26+,27-,28-,31-,36-,37+,38+,39-/m0/s1. The molecule has 1 heterocycles. The lowest BCUT2D eigenvalue weighted by Gasteiger charge is -2.70. The molecule has 0 unspecified atom stereocenters. The number of nitrogens with one attached hydrogen (secondary N) is 2. The summed E-state index contributed by atoms with van der Waals surface area (Å²) in [5.41, 5.74) is -2.19. The predicted molar refractivity (Wildman–Crippen MR) is 186 cm³/mol. The number of fused-ring (bicyclic) bond motifs is 5. The summed E-state index contributed by atoms with van der Waals surface area (Å²) >= 11 is 0. The van der Waals surface area contributed by atoms with Crippen LogP contribution in [0.2, 0.25) is 0 Å². The molecule has 1 saturated heterocycles. The Morgan fingerprint density at radius 3 is 2.08 bits per heavy atom. The van der Waals surface area contributed by atoms with Crippen LogP contribution in [0.25, 0.3) is 0 Å². The van der Waals surface area contributed by atoms with Gasteiger partial charge in [0.25, 0.3) is 0 Å². The summed E-state index contributed by atoms with van der Waals surface area (Å²) in [5, 5.41) is 27.9. The van der Waals surface area contributed by atoms with E-state index in [9.17, 15) is 24.6 Å². The first-order valence-electron chi connectivity index (χ1n) is 18.9. The average molecular weight is 691 g/mol. The second-order valence-corrected chi connectivity index (χ2v) is 19.5. The van der Waals surface area contributed by atoms with Gasteiger partial charge in [-0.3, -0.25) is 9.59 Å². The molecule has 280 valence electrons. The van der Waals surface area contributed by atoms with Crippen LogP contribution >= 0.6 is 0 Å². The molecule has 10 nitrogen and oxygen atoms in total. The Morgan fingerprint density at radius 1 is 0.816 bits per heavy atom. The SMILES string of the molecule is CC(C)(C)OC(=O)NCC(=O)NCC(=O)O[C@H]1CC[C@]2(C)[C@H]3C[C@@H](O)[C@@H]4[C@@H]([C@]5(C)CC[C@@H](C(C)(C)O)O5)CC[C@@]4(C)[C@]3(C)CC[C@H]2C1(C)C. The Morgan fingerprint density at radius 2 is 1.47 bits per heavy atom. The molecule has 4 N–H and O–H groups in total. The third-order valence-corrected chi connectivity index (χ3v) is 14.7. The topological polar surface area (TPSA) is 143 Å². The average Bonchev–Trinajstić information content (AvgIpc) is 3.56. The van der Waals surface area contributed by atoms with Crippen LogP contribution in [0.3, 0.4) is 0 Å². The largest absolute Gasteiger partial charge is 0.460 e. The van der Waals surface area contributed by atoms with E-state index in [1.54, 1.807) is 20.8 Å². The van der Waals surface area contributed by atoms with Gasteiger partial charge in [0.05, 0.1) is 23.4 Å². The molecule has 1 aliphatic heterocycles. The quantitative estimate of drug-likeness (QED) is 0.242. The van der Waals surface area contributed by atoms with Gasteiger partial charge in [0.15, 0.2) is 0 Å². The molecule has 2 amide bonds. The second-order valence-electron chi connectivity index (χ2n) is 19.5. The Labute approximate surface area is 294 Å². The number of hydrogen-bond donors (Lipinski definition) is 4. The molecule has 0 aromatic heterocycles. The molecule has 5 aliphatic rings. The lowest BCUT2D eigenvalue weighted by atomic mass is 9.35. The number of carbonyl (C=O) groups is 3. The van der Waals surface area contributed by atoms with Gasteiger partial charge in [0.2, 0.25) is 5.91 Å². The van der Waals surface area contributed by atoms with E-state index in [4.69, 9.17) is 14.2 Å². The maximum absolute atomic E-state index is 13.0. The van der Waals surface area contributed by atoms with E-state index >= 15 is 0 Å². The highest BCUT2D eigenvalue weighted by atomic mass is 16.6. The molecule has 5 fully saturated rings. The molecule has 0 aromatic rings. The van der Waals surface area contributed by atoms with Crippen molar-refractivity contribution in [2.75, 3.05) is 13.1 Å². The van der Waals surface area contributed by atoms with Gasteiger partial charge in [-0.15, -0.1) is 0 Å². The van der Waals surface area contributed by atoms with Gasteiger partial charge in [-0.25, -0.2) is 4.79 Å². The van der Waals surface area contributed by atoms with E-state index in [0.717, 1.165) is 57.8 Å². The Bertz CT molecular complexity index is 1290. The normalized spacial score (nSPS) is 43.1. The van der Waals surface area contributed by atoms with Crippen molar-refractivity contribution in [2.24, 2.45) is 45.3 Å². The maximum atomic E-state index is 13.0. The van der Waals surface area contributed by atoms with E-state index in [-0.39, 0.29) is 64.4 Å². The van der Waals surface area contributed by atoms with Crippen LogP contribution in [0, 0.1) is 45.3 Å². The number of esters is 1. The van der Waals surface area contributed by atoms with Gasteiger partial charge < -0.3 is 35.1 Å². The van der Waals surface area contributed by atoms with Crippen LogP contribution in [0.4, 0.5) is 4.79 Å². The zero-order chi connectivity index (χ0) is 36.6. The smallest absolute Gasteiger partial charge is 0.408 e. The van der Waals surface area contributed by atoms with Gasteiger partial charge in [-0.2, -0.15) is 0 Å². The molecule has 0 spiro atoms. The molecule has 10 heteroatoms. The minimum atomic E-state index is -0.885. The Kier molecular flexibility index (Phi) is 9.89. The molecule has 4 aliphatic carbocycles. The van der Waals surface area contributed by atoms with Crippen molar-refractivity contribution in [2.45, 2.75) is 169 Å². The third kappa shape index (κ3) is 6.76. The molecule has 11 atom stereocenters. The van der Waals surface area contributed by atoms with Crippen molar-refractivity contribution in [1.82, 2.24) is 10.6 Å². The van der Waals surface area contributed by atoms with Gasteiger partial charge >= 0.3 is 12.1 Å². The highest BCUT2D eigenvalue weighted by Gasteiger charge is 2.72. The van der Waals surface area contributed by atoms with Gasteiger partial charge in [0.1, 0.15) is 24.8 Å². The van der Waals surface area contributed by atoms with Crippen LogP contribution in [0.1, 0.15) is 134 Å². The molecular weight excluding hydrogens is 624 g/mol. The summed E-state index contributed by atoms with van der Waals surface area (Å²) in [6.07, 6.45) is 6.80. The maximum Gasteiger partial charge on any atom is 0.408 e. The number of aliphatic hydroxyl groups is 2. The van der Waals surface area contributed by atoms with Crippen molar-refractivity contribution in [1.29, 1.82) is 0 Å². The fourth-order valence-corrected chi connectivity index (χ4v) is 12.2. The molecular formula is C39H66N2O8. The number of aliphatic hydroxyl groups excluding tert-OH is 1. The molecule has 5 rings (SSSR count). The van der Waals surface area contributed by atoms with Crippen molar-refractivity contribution in [3.63, 3.8) is 0 Å². The minimum absolute atomic E-state index is 0.0201. The zero-order valence-corrected chi connectivity index (χ0v) is 32.2. The van der Waals surface area contributed by atoms with Crippen molar-refractivity contribution >= 4 is 18.0 Å². The highest BCUT2D eigenvalue weighted by Crippen LogP contribution is 2.76. The van der Waals surface area contributed by atoms with Gasteiger partial charge in [-0.05, 0) is 139 Å². The summed E-state index contributed by atoms with van der Waals surface area (Å²) in [7, 11) is 0. The first-order chi connectivity index (χ1) is 22.4. The van der Waals surface area contributed by atoms with Gasteiger partial charge in [0, 0.05) is 5.41 Å². The lowest BCUT2D eigenvalue weighted by Crippen LogP contribution is -2.66. The summed E-state index contributed by atoms with van der Waals surface area (Å²) in [4.78, 5) is 37.2. The molecule has 4 saturated carbocycles. The van der Waals surface area contributed by atoms with E-state index < -0.39 is 35.3 Å². The number of hydrogen-bond acceptors (Lipinski definition) is 8. The summed E-state index contributed by atoms with van der Waals surface area (Å²) in [6, 6.07) is 0. The van der Waals surface area contributed by atoms with Crippen molar-refractivity contribution < 1.29 is 38.8 Å². The zero-order valence-electron chi connectivity index (χ0n) is 32.2. The second kappa shape index (κ2) is 12.6. The van der Waals surface area contributed by atoms with Crippen molar-refractivity contribution in [3.05, 3.63) is 0 Å². The molecule has 0 bridgehead atoms. The van der Waals surface area contributed by atoms with Crippen LogP contribution in [-0.4, -0.2) is 76.4 Å². The Balaban J connectivity index is 1.24. The van der Waals surface area contributed by atoms with E-state index in [2.05, 4.69) is 52.2 Å². The van der Waals surface area contributed by atoms with Crippen LogP contribution in [0.15, 0.2) is 0 Å². The third-order valence-electron chi connectivity index (χ3n) is 14.7. The first-order valence-corrected chi connectivity index (χ1v) is 18.9. The van der Waals surface area contributed by atoms with E-state index in [0.29, 0.717) is 11.8 Å². The van der Waals surface area contributed by atoms with Gasteiger partial charge in [-0.1, -0.05) is 34.6 Å². The first kappa shape index (κ1) is 38.3. The predicted octanol–water partition coefficient (Wildman–Crippen LogP) is 5.90. The van der Waals surface area contributed by atoms with Crippen molar-refractivity contribution in [3.8, 4) is 0 Å². The van der Waals surface area contributed by atoms with E-state index in [1.165, 1.54) is 0 Å². The summed E-state index contributed by atoms with van der Waals surface area (Å²) in [6.45, 7) is 22.4. The Hall–Kier alpha value is -1.91. The fraction of sp³-hybridized carbons (Fsp3) is 0.923. The van der Waals surface area contributed by atoms with Crippen LogP contribution in [0.5, 0.6) is 0 Å². The summed E-state index contributed by atoms with van der Waals surface area (Å²) < 4.78 is 17.9. The highest BCUT2D eigenvalue weighted by molar-refractivity contribution is 5.85. The van der Waals surface area contributed by atoms with E-state index in [1.807, 2.05) is 13.8 Å². The molecule has 0 radical (unpaired) electrons. The number of amides is 2. The lowest BCUT2D eigenvalue weighted by molar-refractivity contribution is -0.251. The number of ether oxygens (including phenoxy) is 3. The summed E-state index contributed by atoms with van der Waals surface area (Å²) in [5.74, 6) is 0.0746. The van der Waals surface area contributed by atoms with Crippen LogP contribution in [-0.2, 0) is 23.8 Å². The fourth-order valence-electron chi connectivity index (χ4n) is 12.2. The number of carbonyl (C=O) groups excluding carboxylic acids is 3. The minimum Gasteiger partial charge on any atom is -0.460 e. The number of rotatable bonds is 7. The van der Waals surface area contributed by atoms with Crippen LogP contribution < -0.4 is 10.6 Å².